The van der Waals surface area contributed by atoms with E-state index in [1.165, 1.54) is 4.90 Å². The lowest BCUT2D eigenvalue weighted by molar-refractivity contribution is -0.137. The van der Waals surface area contributed by atoms with E-state index >= 15 is 0 Å². The van der Waals surface area contributed by atoms with Gasteiger partial charge < -0.3 is 10.2 Å². The highest BCUT2D eigenvalue weighted by molar-refractivity contribution is 6.40. The molecule has 0 aliphatic heterocycles. The molecule has 0 aromatic heterocycles. The Hall–Kier alpha value is -1.84. The minimum Gasteiger partial charge on any atom is -0.346 e. The van der Waals surface area contributed by atoms with Crippen molar-refractivity contribution in [2.45, 2.75) is 19.9 Å². The first kappa shape index (κ1) is 12.2. The summed E-state index contributed by atoms with van der Waals surface area (Å²) in [7, 11) is 1.58. The SMILES string of the molecule is CC(C)NC(=O)C(=O)N(C)c1ccccc1. The third-order valence-corrected chi connectivity index (χ3v) is 2.06. The number of para-hydroxylation sites is 1. The number of nitrogens with one attached hydrogen (secondary N) is 1. The average Bonchev–Trinajstić information content (AvgIpc) is 2.27. The van der Waals surface area contributed by atoms with Crippen molar-refractivity contribution in [2.75, 3.05) is 11.9 Å². The van der Waals surface area contributed by atoms with Crippen LogP contribution in [0.5, 0.6) is 0 Å². The Balaban J connectivity index is 2.72. The summed E-state index contributed by atoms with van der Waals surface area (Å²) < 4.78 is 0. The lowest BCUT2D eigenvalue weighted by atomic mass is 10.3. The molecule has 0 aliphatic rings. The normalized spacial score (nSPS) is 10.0. The maximum absolute atomic E-state index is 11.7. The molecular formula is C12H16N2O2. The summed E-state index contributed by atoms with van der Waals surface area (Å²) >= 11 is 0. The molecule has 1 rings (SSSR count). The molecule has 0 heterocycles. The van der Waals surface area contributed by atoms with Crippen LogP contribution in [0.25, 0.3) is 0 Å². The van der Waals surface area contributed by atoms with Crippen molar-refractivity contribution >= 4 is 17.5 Å². The third kappa shape index (κ3) is 3.08. The van der Waals surface area contributed by atoms with Crippen molar-refractivity contribution in [2.24, 2.45) is 0 Å². The van der Waals surface area contributed by atoms with Gasteiger partial charge in [0.05, 0.1) is 0 Å². The first-order valence-corrected chi connectivity index (χ1v) is 5.16. The second kappa shape index (κ2) is 5.30. The summed E-state index contributed by atoms with van der Waals surface area (Å²) in [6.07, 6.45) is 0. The van der Waals surface area contributed by atoms with Gasteiger partial charge in [0.25, 0.3) is 0 Å². The summed E-state index contributed by atoms with van der Waals surface area (Å²) in [6, 6.07) is 9.01. The molecule has 0 radical (unpaired) electrons. The van der Waals surface area contributed by atoms with Crippen molar-refractivity contribution in [1.82, 2.24) is 5.32 Å². The van der Waals surface area contributed by atoms with Gasteiger partial charge in [-0.25, -0.2) is 0 Å². The first-order valence-electron chi connectivity index (χ1n) is 5.16. The van der Waals surface area contributed by atoms with Crippen LogP contribution in [0.4, 0.5) is 5.69 Å². The van der Waals surface area contributed by atoms with E-state index in [9.17, 15) is 9.59 Å². The first-order chi connectivity index (χ1) is 7.52. The van der Waals surface area contributed by atoms with Gasteiger partial charge in [0.1, 0.15) is 0 Å². The summed E-state index contributed by atoms with van der Waals surface area (Å²) in [5.41, 5.74) is 0.700. The molecule has 86 valence electrons. The highest BCUT2D eigenvalue weighted by Crippen LogP contribution is 2.10. The Morgan fingerprint density at radius 2 is 1.75 bits per heavy atom. The topological polar surface area (TPSA) is 49.4 Å². The smallest absolute Gasteiger partial charge is 0.316 e. The van der Waals surface area contributed by atoms with Crippen LogP contribution in [0.1, 0.15) is 13.8 Å². The fourth-order valence-electron chi connectivity index (χ4n) is 1.25. The van der Waals surface area contributed by atoms with Crippen LogP contribution >= 0.6 is 0 Å². The van der Waals surface area contributed by atoms with Crippen LogP contribution in [-0.4, -0.2) is 24.9 Å². The quantitative estimate of drug-likeness (QED) is 0.761. The van der Waals surface area contributed by atoms with E-state index in [0.29, 0.717) is 5.69 Å². The third-order valence-electron chi connectivity index (χ3n) is 2.06. The van der Waals surface area contributed by atoms with E-state index < -0.39 is 11.8 Å². The maximum Gasteiger partial charge on any atom is 0.316 e. The van der Waals surface area contributed by atoms with E-state index in [1.54, 1.807) is 19.2 Å². The van der Waals surface area contributed by atoms with E-state index in [2.05, 4.69) is 5.32 Å². The number of rotatable bonds is 2. The van der Waals surface area contributed by atoms with Gasteiger partial charge in [0.15, 0.2) is 0 Å². The van der Waals surface area contributed by atoms with Crippen molar-refractivity contribution in [3.63, 3.8) is 0 Å². The van der Waals surface area contributed by atoms with Crippen LogP contribution in [0.3, 0.4) is 0 Å². The van der Waals surface area contributed by atoms with Crippen LogP contribution in [0.2, 0.25) is 0 Å². The predicted molar refractivity (Wildman–Crippen MR) is 63.1 cm³/mol. The highest BCUT2D eigenvalue weighted by Gasteiger charge is 2.19. The zero-order chi connectivity index (χ0) is 12.1. The van der Waals surface area contributed by atoms with E-state index in [4.69, 9.17) is 0 Å². The molecule has 0 saturated heterocycles. The Bertz CT molecular complexity index is 374. The van der Waals surface area contributed by atoms with Gasteiger partial charge in [-0.15, -0.1) is 0 Å². The molecular weight excluding hydrogens is 204 g/mol. The van der Waals surface area contributed by atoms with Crippen LogP contribution < -0.4 is 10.2 Å². The second-order valence-corrected chi connectivity index (χ2v) is 3.83. The Labute approximate surface area is 95.3 Å². The van der Waals surface area contributed by atoms with Gasteiger partial charge >= 0.3 is 11.8 Å². The van der Waals surface area contributed by atoms with Gasteiger partial charge in [-0.3, -0.25) is 9.59 Å². The van der Waals surface area contributed by atoms with Crippen molar-refractivity contribution < 1.29 is 9.59 Å². The molecule has 0 unspecified atom stereocenters. The molecule has 2 amide bonds. The Morgan fingerprint density at radius 1 is 1.19 bits per heavy atom. The zero-order valence-electron chi connectivity index (χ0n) is 9.73. The fourth-order valence-corrected chi connectivity index (χ4v) is 1.25. The number of hydrogen-bond acceptors (Lipinski definition) is 2. The van der Waals surface area contributed by atoms with E-state index in [0.717, 1.165) is 0 Å². The standard InChI is InChI=1S/C12H16N2O2/c1-9(2)13-11(15)12(16)14(3)10-7-5-4-6-8-10/h4-9H,1-3H3,(H,13,15). The molecule has 4 heteroatoms. The summed E-state index contributed by atoms with van der Waals surface area (Å²) in [4.78, 5) is 24.5. The molecule has 16 heavy (non-hydrogen) atoms. The molecule has 1 N–H and O–H groups in total. The lowest BCUT2D eigenvalue weighted by Gasteiger charge is -2.17. The second-order valence-electron chi connectivity index (χ2n) is 3.83. The lowest BCUT2D eigenvalue weighted by Crippen LogP contribution is -2.43. The number of anilines is 1. The van der Waals surface area contributed by atoms with Gasteiger partial charge in [0.2, 0.25) is 0 Å². The highest BCUT2D eigenvalue weighted by atomic mass is 16.2. The van der Waals surface area contributed by atoms with Gasteiger partial charge in [-0.1, -0.05) is 18.2 Å². The molecule has 0 atom stereocenters. The molecule has 0 fully saturated rings. The number of carbonyl (C=O) groups excluding carboxylic acids is 2. The average molecular weight is 220 g/mol. The number of amides is 2. The summed E-state index contributed by atoms with van der Waals surface area (Å²) in [5, 5.41) is 2.56. The summed E-state index contributed by atoms with van der Waals surface area (Å²) in [5.74, 6) is -1.14. The minimum absolute atomic E-state index is 0.0411. The molecule has 0 aliphatic carbocycles. The monoisotopic (exact) mass is 220 g/mol. The van der Waals surface area contributed by atoms with E-state index in [-0.39, 0.29) is 6.04 Å². The number of hydrogen-bond donors (Lipinski definition) is 1. The fraction of sp³-hybridized carbons (Fsp3) is 0.333. The molecule has 0 spiro atoms. The number of nitrogens with zero attached hydrogens (tertiary/aromatic N) is 1. The molecule has 4 nitrogen and oxygen atoms in total. The van der Waals surface area contributed by atoms with Gasteiger partial charge in [-0.05, 0) is 26.0 Å². The molecule has 1 aromatic carbocycles. The van der Waals surface area contributed by atoms with E-state index in [1.807, 2.05) is 32.0 Å². The molecule has 0 bridgehead atoms. The Kier molecular flexibility index (Phi) is 4.05. The van der Waals surface area contributed by atoms with Crippen molar-refractivity contribution in [1.29, 1.82) is 0 Å². The molecule has 1 aromatic rings. The van der Waals surface area contributed by atoms with Gasteiger partial charge in [0, 0.05) is 18.8 Å². The maximum atomic E-state index is 11.7. The molecule has 0 saturated carbocycles. The van der Waals surface area contributed by atoms with Gasteiger partial charge in [-0.2, -0.15) is 0 Å². The number of likely N-dealkylation sites (N-methyl/N-ethyl adjacent to an activating group) is 1. The van der Waals surface area contributed by atoms with Crippen LogP contribution in [-0.2, 0) is 9.59 Å². The number of carbonyl (C=O) groups is 2. The van der Waals surface area contributed by atoms with Crippen LogP contribution in [0, 0.1) is 0 Å². The largest absolute Gasteiger partial charge is 0.346 e. The predicted octanol–water partition coefficient (Wildman–Crippen LogP) is 1.17. The van der Waals surface area contributed by atoms with Crippen LogP contribution in [0.15, 0.2) is 30.3 Å². The van der Waals surface area contributed by atoms with Crippen molar-refractivity contribution in [3.05, 3.63) is 30.3 Å². The Morgan fingerprint density at radius 3 is 2.25 bits per heavy atom. The minimum atomic E-state index is -0.582. The number of benzene rings is 1. The van der Waals surface area contributed by atoms with Crippen molar-refractivity contribution in [3.8, 4) is 0 Å². The summed E-state index contributed by atoms with van der Waals surface area (Å²) in [6.45, 7) is 3.63. The zero-order valence-corrected chi connectivity index (χ0v) is 9.73.